The number of allylic oxidation sites excluding steroid dienone is 1. The number of nitrogens with zero attached hydrogens (tertiary/aromatic N) is 4. The van der Waals surface area contributed by atoms with Crippen molar-refractivity contribution in [1.82, 2.24) is 19.4 Å². The van der Waals surface area contributed by atoms with Gasteiger partial charge in [0, 0.05) is 54.1 Å². The quantitative estimate of drug-likeness (QED) is 0.157. The van der Waals surface area contributed by atoms with E-state index in [2.05, 4.69) is 69.6 Å². The highest BCUT2D eigenvalue weighted by atomic mass is 16.5. The van der Waals surface area contributed by atoms with Crippen LogP contribution in [0.25, 0.3) is 44.3 Å². The van der Waals surface area contributed by atoms with Crippen molar-refractivity contribution in [3.05, 3.63) is 85.7 Å². The first-order valence-corrected chi connectivity index (χ1v) is 13.8. The van der Waals surface area contributed by atoms with Crippen LogP contribution in [-0.2, 0) is 11.3 Å². The van der Waals surface area contributed by atoms with E-state index in [1.54, 1.807) is 13.4 Å². The standard InChI is InChI=1S/C33H34N4O3/c1-3-14-37-28-13-8-7-12-25(28)31(33(37)24-10-5-4-6-11-24)32-26-21-30(29(38-2)22-27(26)34-23-35-32)40-18-9-15-36-16-19-39-20-17-36/h3-8,10-13,21-23H,1,9,14-20H2,2H3. The first-order valence-electron chi connectivity index (χ1n) is 13.8. The maximum atomic E-state index is 6.31. The van der Waals surface area contributed by atoms with Crippen molar-refractivity contribution in [2.24, 2.45) is 0 Å². The molecule has 0 saturated carbocycles. The maximum absolute atomic E-state index is 6.31. The summed E-state index contributed by atoms with van der Waals surface area (Å²) in [6.45, 7) is 9.85. The fourth-order valence-corrected chi connectivity index (χ4v) is 5.59. The van der Waals surface area contributed by atoms with E-state index in [1.807, 2.05) is 24.3 Å². The third-order valence-corrected chi connectivity index (χ3v) is 7.47. The Labute approximate surface area is 234 Å². The molecule has 0 N–H and O–H groups in total. The predicted molar refractivity (Wildman–Crippen MR) is 160 cm³/mol. The number of rotatable bonds is 10. The van der Waals surface area contributed by atoms with Gasteiger partial charge in [0.25, 0.3) is 0 Å². The number of hydrogen-bond donors (Lipinski definition) is 0. The van der Waals surface area contributed by atoms with Gasteiger partial charge in [0.1, 0.15) is 6.33 Å². The SMILES string of the molecule is C=CCn1c(-c2ccccc2)c(-c2ncnc3cc(OC)c(OCCCN4CCOCC4)cc23)c2ccccc21. The Kier molecular flexibility index (Phi) is 7.75. The third kappa shape index (κ3) is 5.06. The van der Waals surface area contributed by atoms with Gasteiger partial charge in [-0.05, 0) is 24.1 Å². The molecule has 5 aromatic rings. The number of aromatic nitrogens is 3. The fraction of sp³-hybridized carbons (Fsp3) is 0.273. The van der Waals surface area contributed by atoms with Gasteiger partial charge in [0.05, 0.1) is 43.8 Å². The summed E-state index contributed by atoms with van der Waals surface area (Å²) in [4.78, 5) is 11.9. The lowest BCUT2D eigenvalue weighted by molar-refractivity contribution is 0.0357. The molecule has 1 saturated heterocycles. The summed E-state index contributed by atoms with van der Waals surface area (Å²) in [5.74, 6) is 1.37. The van der Waals surface area contributed by atoms with Crippen molar-refractivity contribution in [3.63, 3.8) is 0 Å². The first kappa shape index (κ1) is 26.0. The van der Waals surface area contributed by atoms with Gasteiger partial charge in [-0.25, -0.2) is 9.97 Å². The number of para-hydroxylation sites is 1. The molecule has 0 unspecified atom stereocenters. The molecule has 0 radical (unpaired) electrons. The first-order chi connectivity index (χ1) is 19.8. The van der Waals surface area contributed by atoms with E-state index in [9.17, 15) is 0 Å². The molecule has 7 nitrogen and oxygen atoms in total. The number of morpholine rings is 1. The van der Waals surface area contributed by atoms with E-state index < -0.39 is 0 Å². The summed E-state index contributed by atoms with van der Waals surface area (Å²) in [7, 11) is 1.67. The molecular formula is C33H34N4O3. The molecule has 6 rings (SSSR count). The minimum atomic E-state index is 0.593. The highest BCUT2D eigenvalue weighted by Gasteiger charge is 2.23. The molecule has 7 heteroatoms. The van der Waals surface area contributed by atoms with Crippen LogP contribution in [0.3, 0.4) is 0 Å². The van der Waals surface area contributed by atoms with Crippen LogP contribution >= 0.6 is 0 Å². The normalized spacial score (nSPS) is 14.0. The summed E-state index contributed by atoms with van der Waals surface area (Å²) in [5.41, 5.74) is 6.10. The van der Waals surface area contributed by atoms with Gasteiger partial charge in [-0.2, -0.15) is 0 Å². The topological polar surface area (TPSA) is 61.6 Å². The van der Waals surface area contributed by atoms with Crippen LogP contribution in [0.4, 0.5) is 0 Å². The van der Waals surface area contributed by atoms with E-state index in [1.165, 1.54) is 0 Å². The zero-order valence-electron chi connectivity index (χ0n) is 22.9. The van der Waals surface area contributed by atoms with Crippen LogP contribution in [-0.4, -0.2) is 66.0 Å². The lowest BCUT2D eigenvalue weighted by atomic mass is 9.99. The van der Waals surface area contributed by atoms with Gasteiger partial charge in [-0.15, -0.1) is 6.58 Å². The number of benzene rings is 3. The Balaban J connectivity index is 1.45. The Hall–Kier alpha value is -4.20. The van der Waals surface area contributed by atoms with Gasteiger partial charge in [0.2, 0.25) is 0 Å². The van der Waals surface area contributed by atoms with Crippen molar-refractivity contribution < 1.29 is 14.2 Å². The molecule has 1 fully saturated rings. The number of methoxy groups -OCH3 is 1. The summed E-state index contributed by atoms with van der Waals surface area (Å²) in [5, 5.41) is 2.05. The molecule has 40 heavy (non-hydrogen) atoms. The predicted octanol–water partition coefficient (Wildman–Crippen LogP) is 6.21. The van der Waals surface area contributed by atoms with Crippen LogP contribution in [0.15, 0.2) is 85.7 Å². The fourth-order valence-electron chi connectivity index (χ4n) is 5.59. The summed E-state index contributed by atoms with van der Waals surface area (Å²) in [6, 6.07) is 22.9. The zero-order chi connectivity index (χ0) is 27.3. The Bertz CT molecular complexity index is 1620. The van der Waals surface area contributed by atoms with Crippen LogP contribution in [0.2, 0.25) is 0 Å². The van der Waals surface area contributed by atoms with E-state index in [4.69, 9.17) is 19.2 Å². The Morgan fingerprint density at radius 1 is 0.950 bits per heavy atom. The van der Waals surface area contributed by atoms with Crippen LogP contribution < -0.4 is 9.47 Å². The molecule has 0 amide bonds. The van der Waals surface area contributed by atoms with E-state index >= 15 is 0 Å². The van der Waals surface area contributed by atoms with Gasteiger partial charge in [-0.3, -0.25) is 4.90 Å². The Morgan fingerprint density at radius 3 is 2.55 bits per heavy atom. The minimum absolute atomic E-state index is 0.593. The molecule has 0 aliphatic carbocycles. The lowest BCUT2D eigenvalue weighted by Crippen LogP contribution is -2.37. The molecule has 3 aromatic carbocycles. The molecule has 0 atom stereocenters. The van der Waals surface area contributed by atoms with Crippen LogP contribution in [0, 0.1) is 0 Å². The molecule has 1 aliphatic heterocycles. The second kappa shape index (κ2) is 11.9. The molecule has 1 aliphatic rings. The maximum Gasteiger partial charge on any atom is 0.162 e. The van der Waals surface area contributed by atoms with Crippen molar-refractivity contribution in [2.75, 3.05) is 46.6 Å². The minimum Gasteiger partial charge on any atom is -0.493 e. The molecular weight excluding hydrogens is 500 g/mol. The van der Waals surface area contributed by atoms with Gasteiger partial charge in [0.15, 0.2) is 11.5 Å². The number of hydrogen-bond acceptors (Lipinski definition) is 6. The summed E-state index contributed by atoms with van der Waals surface area (Å²) >= 11 is 0. The average Bonchev–Trinajstić information content (AvgIpc) is 3.33. The second-order valence-corrected chi connectivity index (χ2v) is 9.90. The van der Waals surface area contributed by atoms with Crippen molar-refractivity contribution >= 4 is 21.8 Å². The number of fused-ring (bicyclic) bond motifs is 2. The van der Waals surface area contributed by atoms with E-state index in [0.717, 1.165) is 83.6 Å². The molecule has 204 valence electrons. The highest BCUT2D eigenvalue weighted by Crippen LogP contribution is 2.44. The smallest absolute Gasteiger partial charge is 0.162 e. The van der Waals surface area contributed by atoms with Gasteiger partial charge < -0.3 is 18.8 Å². The molecule has 0 spiro atoms. The van der Waals surface area contributed by atoms with Crippen LogP contribution in [0.1, 0.15) is 6.42 Å². The average molecular weight is 535 g/mol. The van der Waals surface area contributed by atoms with Crippen molar-refractivity contribution in [2.45, 2.75) is 13.0 Å². The second-order valence-electron chi connectivity index (χ2n) is 9.90. The molecule has 2 aromatic heterocycles. The van der Waals surface area contributed by atoms with E-state index in [-0.39, 0.29) is 0 Å². The summed E-state index contributed by atoms with van der Waals surface area (Å²) < 4.78 is 19.8. The van der Waals surface area contributed by atoms with Crippen LogP contribution in [0.5, 0.6) is 11.5 Å². The molecule has 0 bridgehead atoms. The van der Waals surface area contributed by atoms with Crippen molar-refractivity contribution in [3.8, 4) is 34.0 Å². The van der Waals surface area contributed by atoms with Crippen molar-refractivity contribution in [1.29, 1.82) is 0 Å². The van der Waals surface area contributed by atoms with Gasteiger partial charge >= 0.3 is 0 Å². The third-order valence-electron chi connectivity index (χ3n) is 7.47. The molecule has 3 heterocycles. The number of ether oxygens (including phenoxy) is 3. The zero-order valence-corrected chi connectivity index (χ0v) is 22.9. The Morgan fingerprint density at radius 2 is 1.75 bits per heavy atom. The monoisotopic (exact) mass is 534 g/mol. The van der Waals surface area contributed by atoms with E-state index in [0.29, 0.717) is 24.7 Å². The summed E-state index contributed by atoms with van der Waals surface area (Å²) in [6.07, 6.45) is 4.50. The highest BCUT2D eigenvalue weighted by molar-refractivity contribution is 6.09. The van der Waals surface area contributed by atoms with Gasteiger partial charge in [-0.1, -0.05) is 54.6 Å². The largest absolute Gasteiger partial charge is 0.493 e. The lowest BCUT2D eigenvalue weighted by Gasteiger charge is -2.26.